The molecule has 0 aliphatic carbocycles. The number of fused-ring (bicyclic) bond motifs is 2. The highest BCUT2D eigenvalue weighted by Crippen LogP contribution is 2.23. The summed E-state index contributed by atoms with van der Waals surface area (Å²) in [7, 11) is 0. The summed E-state index contributed by atoms with van der Waals surface area (Å²) < 4.78 is 5.54. The second kappa shape index (κ2) is 18.0. The van der Waals surface area contributed by atoms with Gasteiger partial charge in [0.05, 0.1) is 11.4 Å². The van der Waals surface area contributed by atoms with Gasteiger partial charge in [0.15, 0.2) is 0 Å². The van der Waals surface area contributed by atoms with Crippen molar-refractivity contribution in [3.63, 3.8) is 0 Å². The van der Waals surface area contributed by atoms with Gasteiger partial charge in [-0.1, -0.05) is 47.1 Å². The Balaban J connectivity index is 1.89. The lowest BCUT2D eigenvalue weighted by atomic mass is 9.87. The van der Waals surface area contributed by atoms with Crippen molar-refractivity contribution in [2.45, 2.75) is 108 Å². The van der Waals surface area contributed by atoms with E-state index in [4.69, 9.17) is 9.72 Å². The van der Waals surface area contributed by atoms with Gasteiger partial charge in [-0.2, -0.15) is 23.5 Å². The van der Waals surface area contributed by atoms with Crippen molar-refractivity contribution in [1.29, 1.82) is 0 Å². The summed E-state index contributed by atoms with van der Waals surface area (Å²) in [5.41, 5.74) is 0.768. The van der Waals surface area contributed by atoms with E-state index in [1.807, 2.05) is 52.8 Å². The maximum absolute atomic E-state index is 13.9. The third kappa shape index (κ3) is 10.9. The minimum absolute atomic E-state index is 0.0595. The Morgan fingerprint density at radius 1 is 0.955 bits per heavy atom. The van der Waals surface area contributed by atoms with Crippen molar-refractivity contribution < 1.29 is 23.9 Å². The van der Waals surface area contributed by atoms with E-state index in [-0.39, 0.29) is 36.1 Å². The number of carbonyl (C=O) groups is 4. The fraction of sp³-hybridized carbons (Fsp3) is 0.719. The van der Waals surface area contributed by atoms with Crippen LogP contribution in [0.3, 0.4) is 0 Å². The average Bonchev–Trinajstić information content (AvgIpc) is 3.00. The number of rotatable bonds is 5. The Hall–Kier alpha value is -2.31. The quantitative estimate of drug-likeness (QED) is 0.380. The van der Waals surface area contributed by atoms with Gasteiger partial charge in [0.2, 0.25) is 23.6 Å². The molecule has 0 unspecified atom stereocenters. The molecule has 44 heavy (non-hydrogen) atoms. The van der Waals surface area contributed by atoms with Gasteiger partial charge in [-0.3, -0.25) is 24.2 Å². The fourth-order valence-corrected chi connectivity index (χ4v) is 7.24. The van der Waals surface area contributed by atoms with Crippen molar-refractivity contribution >= 4 is 47.2 Å². The van der Waals surface area contributed by atoms with Gasteiger partial charge in [0.1, 0.15) is 17.6 Å². The van der Waals surface area contributed by atoms with Crippen LogP contribution >= 0.6 is 23.5 Å². The average molecular weight is 650 g/mol. The maximum Gasteiger partial charge on any atom is 0.246 e. The minimum atomic E-state index is -1.16. The highest BCUT2D eigenvalue weighted by Gasteiger charge is 2.43. The fourth-order valence-electron chi connectivity index (χ4n) is 5.30. The molecule has 10 nitrogen and oxygen atoms in total. The number of nitrogens with zero attached hydrogens (tertiary/aromatic N) is 1. The van der Waals surface area contributed by atoms with Crippen molar-refractivity contribution in [2.75, 3.05) is 24.7 Å². The standard InChI is InChI=1S/C32H51N5O5S2/c1-6-22(5)28-30(40)34-23(7-2)18-44-20-25-10-8-9-24(33-25)19-43-16-11-27(38)37-32(12-14-42-15-13-32)31(41)35-26(17-21(3)4)29(39)36-28/h8-10,21-23,26,28H,6-7,11-20H2,1-5H3,(H,34,40)(H,35,41)(H,36,39)(H,37,38)/t22-,23+,26-,28-/m0/s1. The molecule has 12 heteroatoms. The first-order chi connectivity index (χ1) is 21.1. The first-order valence-electron chi connectivity index (χ1n) is 16.0. The predicted octanol–water partition coefficient (Wildman–Crippen LogP) is 3.57. The molecule has 3 heterocycles. The molecule has 1 aromatic rings. The molecule has 4 amide bonds. The van der Waals surface area contributed by atoms with E-state index in [1.54, 1.807) is 23.5 Å². The zero-order valence-electron chi connectivity index (χ0n) is 26.9. The van der Waals surface area contributed by atoms with Crippen LogP contribution in [0.15, 0.2) is 18.2 Å². The molecular formula is C32H51N5O5S2. The molecule has 0 saturated carbocycles. The molecule has 246 valence electrons. The topological polar surface area (TPSA) is 139 Å². The van der Waals surface area contributed by atoms with E-state index in [2.05, 4.69) is 21.3 Å². The summed E-state index contributed by atoms with van der Waals surface area (Å²) in [4.78, 5) is 59.1. The highest BCUT2D eigenvalue weighted by molar-refractivity contribution is 7.98. The Kier molecular flexibility index (Phi) is 14.8. The van der Waals surface area contributed by atoms with Crippen molar-refractivity contribution in [1.82, 2.24) is 26.3 Å². The molecule has 1 aromatic heterocycles. The second-order valence-electron chi connectivity index (χ2n) is 12.3. The molecule has 0 radical (unpaired) electrons. The smallest absolute Gasteiger partial charge is 0.246 e. The summed E-state index contributed by atoms with van der Waals surface area (Å²) in [6.07, 6.45) is 2.74. The van der Waals surface area contributed by atoms with Crippen LogP contribution in [0.2, 0.25) is 0 Å². The zero-order valence-corrected chi connectivity index (χ0v) is 28.5. The first-order valence-corrected chi connectivity index (χ1v) is 18.3. The van der Waals surface area contributed by atoms with E-state index >= 15 is 0 Å². The molecule has 2 aliphatic heterocycles. The third-order valence-corrected chi connectivity index (χ3v) is 10.4. The number of hydrogen-bond acceptors (Lipinski definition) is 8. The van der Waals surface area contributed by atoms with Gasteiger partial charge in [-0.15, -0.1) is 0 Å². The number of nitrogens with one attached hydrogen (secondary N) is 4. The van der Waals surface area contributed by atoms with Crippen LogP contribution in [-0.2, 0) is 35.4 Å². The summed E-state index contributed by atoms with van der Waals surface area (Å²) in [6, 6.07) is 4.34. The Bertz CT molecular complexity index is 1110. The Morgan fingerprint density at radius 2 is 1.64 bits per heavy atom. The SMILES string of the molecule is CC[C@@H]1CSCc2cccc(n2)CSCCC(=O)NC2(CCOCC2)C(=O)N[C@@H](CC(C)C)C(=O)N[C@@H]([C@@H](C)CC)C(=O)N1. The number of aromatic nitrogens is 1. The van der Waals surface area contributed by atoms with Gasteiger partial charge in [0.25, 0.3) is 0 Å². The van der Waals surface area contributed by atoms with Gasteiger partial charge >= 0.3 is 0 Å². The predicted molar refractivity (Wildman–Crippen MR) is 177 cm³/mol. The molecule has 2 bridgehead atoms. The summed E-state index contributed by atoms with van der Waals surface area (Å²) in [6.45, 7) is 10.6. The number of amides is 4. The Morgan fingerprint density at radius 3 is 2.27 bits per heavy atom. The second-order valence-corrected chi connectivity index (χ2v) is 14.5. The van der Waals surface area contributed by atoms with E-state index in [0.717, 1.165) is 29.3 Å². The van der Waals surface area contributed by atoms with E-state index in [9.17, 15) is 19.2 Å². The van der Waals surface area contributed by atoms with E-state index in [0.29, 0.717) is 50.4 Å². The summed E-state index contributed by atoms with van der Waals surface area (Å²) >= 11 is 3.35. The number of hydrogen-bond donors (Lipinski definition) is 4. The van der Waals surface area contributed by atoms with Crippen LogP contribution in [0.1, 0.15) is 84.5 Å². The van der Waals surface area contributed by atoms with Crippen LogP contribution in [0.5, 0.6) is 0 Å². The van der Waals surface area contributed by atoms with Crippen LogP contribution in [0, 0.1) is 11.8 Å². The van der Waals surface area contributed by atoms with Crippen LogP contribution in [0.4, 0.5) is 0 Å². The molecule has 2 aliphatic rings. The van der Waals surface area contributed by atoms with Crippen LogP contribution in [0.25, 0.3) is 0 Å². The van der Waals surface area contributed by atoms with Crippen molar-refractivity contribution in [2.24, 2.45) is 11.8 Å². The molecular weight excluding hydrogens is 599 g/mol. The lowest BCUT2D eigenvalue weighted by Crippen LogP contribution is -2.64. The molecule has 0 aromatic carbocycles. The third-order valence-electron chi connectivity index (χ3n) is 8.28. The summed E-state index contributed by atoms with van der Waals surface area (Å²) in [5.74, 6) is 1.49. The van der Waals surface area contributed by atoms with Gasteiger partial charge in [-0.25, -0.2) is 0 Å². The monoisotopic (exact) mass is 649 g/mol. The van der Waals surface area contributed by atoms with Crippen LogP contribution in [-0.4, -0.2) is 77.0 Å². The molecule has 1 spiro atoms. The highest BCUT2D eigenvalue weighted by atomic mass is 32.2. The number of carbonyl (C=O) groups excluding carboxylic acids is 4. The zero-order chi connectivity index (χ0) is 32.1. The maximum atomic E-state index is 13.9. The van der Waals surface area contributed by atoms with Crippen LogP contribution < -0.4 is 21.3 Å². The molecule has 1 fully saturated rings. The normalized spacial score (nSPS) is 25.5. The lowest BCUT2D eigenvalue weighted by Gasteiger charge is -2.38. The van der Waals surface area contributed by atoms with Gasteiger partial charge < -0.3 is 26.0 Å². The van der Waals surface area contributed by atoms with E-state index < -0.39 is 29.4 Å². The van der Waals surface area contributed by atoms with Gasteiger partial charge in [0, 0.05) is 61.5 Å². The summed E-state index contributed by atoms with van der Waals surface area (Å²) in [5, 5.41) is 12.1. The van der Waals surface area contributed by atoms with Gasteiger partial charge in [-0.05, 0) is 36.8 Å². The molecule has 1 saturated heterocycles. The molecule has 4 atom stereocenters. The first kappa shape index (κ1) is 36.2. The molecule has 3 rings (SSSR count). The lowest BCUT2D eigenvalue weighted by molar-refractivity contribution is -0.140. The minimum Gasteiger partial charge on any atom is -0.381 e. The van der Waals surface area contributed by atoms with Crippen molar-refractivity contribution in [3.8, 4) is 0 Å². The number of thioether (sulfide) groups is 2. The number of ether oxygens (including phenoxy) is 1. The largest absolute Gasteiger partial charge is 0.381 e. The number of pyridine rings is 1. The van der Waals surface area contributed by atoms with Crippen molar-refractivity contribution in [3.05, 3.63) is 29.6 Å². The molecule has 4 N–H and O–H groups in total. The van der Waals surface area contributed by atoms with E-state index in [1.165, 1.54) is 0 Å². The Labute approximate surface area is 271 Å².